The van der Waals surface area contributed by atoms with Crippen molar-refractivity contribution in [1.82, 2.24) is 15.2 Å². The van der Waals surface area contributed by atoms with Gasteiger partial charge in [-0.3, -0.25) is 4.79 Å². The molecule has 1 atom stereocenters. The van der Waals surface area contributed by atoms with Gasteiger partial charge in [0.25, 0.3) is 5.56 Å². The number of thiocarbonyl (C=S) groups is 1. The van der Waals surface area contributed by atoms with Gasteiger partial charge in [0.05, 0.1) is 18.2 Å². The van der Waals surface area contributed by atoms with E-state index in [4.69, 9.17) is 26.4 Å². The SMILES string of the molecule is CCNC(=S)N(Cc1cc2cc3c(cc2[nH]c1=O)OCO3)C[C@@H]1CCCO1. The van der Waals surface area contributed by atoms with Gasteiger partial charge < -0.3 is 29.4 Å². The van der Waals surface area contributed by atoms with E-state index in [1.807, 2.05) is 24.0 Å². The van der Waals surface area contributed by atoms with Crippen molar-refractivity contribution in [2.24, 2.45) is 0 Å². The van der Waals surface area contributed by atoms with Gasteiger partial charge in [-0.05, 0) is 44.1 Å². The number of pyridine rings is 1. The van der Waals surface area contributed by atoms with Crippen LogP contribution in [0.3, 0.4) is 0 Å². The topological polar surface area (TPSA) is 75.8 Å². The van der Waals surface area contributed by atoms with Crippen LogP contribution in [0.1, 0.15) is 25.3 Å². The summed E-state index contributed by atoms with van der Waals surface area (Å²) >= 11 is 5.52. The van der Waals surface area contributed by atoms with Gasteiger partial charge >= 0.3 is 0 Å². The molecular formula is C19H23N3O4S. The second-order valence-corrected chi connectivity index (χ2v) is 7.15. The Balaban J connectivity index is 1.62. The summed E-state index contributed by atoms with van der Waals surface area (Å²) in [4.78, 5) is 17.6. The van der Waals surface area contributed by atoms with Crippen LogP contribution in [0.5, 0.6) is 11.5 Å². The molecule has 1 aromatic heterocycles. The highest BCUT2D eigenvalue weighted by Crippen LogP contribution is 2.35. The molecule has 0 aliphatic carbocycles. The lowest BCUT2D eigenvalue weighted by Crippen LogP contribution is -2.43. The standard InChI is InChI=1S/C19H23N3O4S/c1-2-20-19(27)22(10-14-4-3-5-24-14)9-13-6-12-7-16-17(26-11-25-16)8-15(12)21-18(13)23/h6-8,14H,2-5,9-11H2,1H3,(H,20,27)(H,21,23)/t14-/m0/s1. The van der Waals surface area contributed by atoms with Crippen LogP contribution < -0.4 is 20.3 Å². The lowest BCUT2D eigenvalue weighted by Gasteiger charge is -2.28. The second kappa shape index (κ2) is 7.74. The van der Waals surface area contributed by atoms with Crippen molar-refractivity contribution in [3.05, 3.63) is 34.1 Å². The molecule has 3 heterocycles. The van der Waals surface area contributed by atoms with Gasteiger partial charge in [0.2, 0.25) is 6.79 Å². The average Bonchev–Trinajstić information content (AvgIpc) is 3.31. The highest BCUT2D eigenvalue weighted by Gasteiger charge is 2.22. The molecular weight excluding hydrogens is 366 g/mol. The van der Waals surface area contributed by atoms with Crippen LogP contribution in [-0.4, -0.2) is 47.6 Å². The van der Waals surface area contributed by atoms with E-state index in [0.29, 0.717) is 35.3 Å². The summed E-state index contributed by atoms with van der Waals surface area (Å²) in [6.45, 7) is 4.82. The van der Waals surface area contributed by atoms with E-state index < -0.39 is 0 Å². The van der Waals surface area contributed by atoms with Gasteiger partial charge in [-0.25, -0.2) is 0 Å². The summed E-state index contributed by atoms with van der Waals surface area (Å²) < 4.78 is 16.6. The molecule has 1 fully saturated rings. The molecule has 1 saturated heterocycles. The summed E-state index contributed by atoms with van der Waals surface area (Å²) in [5.74, 6) is 1.35. The van der Waals surface area contributed by atoms with Crippen LogP contribution >= 0.6 is 12.2 Å². The molecule has 0 unspecified atom stereocenters. The van der Waals surface area contributed by atoms with Crippen LogP contribution in [0.2, 0.25) is 0 Å². The van der Waals surface area contributed by atoms with Gasteiger partial charge in [0.15, 0.2) is 16.6 Å². The van der Waals surface area contributed by atoms with E-state index >= 15 is 0 Å². The molecule has 27 heavy (non-hydrogen) atoms. The Morgan fingerprint density at radius 1 is 1.33 bits per heavy atom. The summed E-state index contributed by atoms with van der Waals surface area (Å²) in [6, 6.07) is 5.59. The maximum atomic E-state index is 12.6. The van der Waals surface area contributed by atoms with Crippen molar-refractivity contribution in [1.29, 1.82) is 0 Å². The number of hydrogen-bond acceptors (Lipinski definition) is 5. The third kappa shape index (κ3) is 3.86. The number of aromatic amines is 1. The number of fused-ring (bicyclic) bond motifs is 2. The zero-order chi connectivity index (χ0) is 18.8. The quantitative estimate of drug-likeness (QED) is 0.759. The minimum atomic E-state index is -0.127. The molecule has 0 bridgehead atoms. The Morgan fingerprint density at radius 3 is 2.89 bits per heavy atom. The molecule has 4 rings (SSSR count). The Hall–Kier alpha value is -2.32. The van der Waals surface area contributed by atoms with Crippen molar-refractivity contribution in [2.45, 2.75) is 32.4 Å². The van der Waals surface area contributed by atoms with Crippen LogP contribution in [-0.2, 0) is 11.3 Å². The number of hydrogen-bond donors (Lipinski definition) is 2. The molecule has 2 N–H and O–H groups in total. The largest absolute Gasteiger partial charge is 0.454 e. The summed E-state index contributed by atoms with van der Waals surface area (Å²) in [5.41, 5.74) is 1.26. The van der Waals surface area contributed by atoms with Gasteiger partial charge in [-0.2, -0.15) is 0 Å². The molecule has 7 nitrogen and oxygen atoms in total. The fourth-order valence-electron chi connectivity index (χ4n) is 3.48. The minimum Gasteiger partial charge on any atom is -0.454 e. The van der Waals surface area contributed by atoms with E-state index in [1.165, 1.54) is 0 Å². The molecule has 0 amide bonds. The highest BCUT2D eigenvalue weighted by molar-refractivity contribution is 7.80. The third-order valence-electron chi connectivity index (χ3n) is 4.84. The predicted octanol–water partition coefficient (Wildman–Crippen LogP) is 2.13. The third-order valence-corrected chi connectivity index (χ3v) is 5.24. The molecule has 0 spiro atoms. The number of aromatic nitrogens is 1. The van der Waals surface area contributed by atoms with E-state index in [9.17, 15) is 4.79 Å². The van der Waals surface area contributed by atoms with E-state index in [0.717, 1.165) is 36.9 Å². The van der Waals surface area contributed by atoms with Crippen LogP contribution in [0.25, 0.3) is 10.9 Å². The molecule has 144 valence electrons. The number of benzene rings is 1. The van der Waals surface area contributed by atoms with Crippen molar-refractivity contribution < 1.29 is 14.2 Å². The molecule has 2 aliphatic rings. The van der Waals surface area contributed by atoms with E-state index in [2.05, 4.69) is 10.3 Å². The lowest BCUT2D eigenvalue weighted by molar-refractivity contribution is 0.0897. The Morgan fingerprint density at radius 2 is 2.15 bits per heavy atom. The maximum Gasteiger partial charge on any atom is 0.253 e. The van der Waals surface area contributed by atoms with Crippen molar-refractivity contribution >= 4 is 28.2 Å². The number of H-pyrrole nitrogens is 1. The van der Waals surface area contributed by atoms with Crippen LogP contribution in [0.15, 0.2) is 23.0 Å². The van der Waals surface area contributed by atoms with Crippen molar-refractivity contribution in [3.63, 3.8) is 0 Å². The fourth-order valence-corrected chi connectivity index (χ4v) is 3.76. The first kappa shape index (κ1) is 18.1. The van der Waals surface area contributed by atoms with Gasteiger partial charge in [0, 0.05) is 36.7 Å². The molecule has 8 heteroatoms. The van der Waals surface area contributed by atoms with Gasteiger partial charge in [-0.15, -0.1) is 0 Å². The lowest BCUT2D eigenvalue weighted by atomic mass is 10.1. The highest BCUT2D eigenvalue weighted by atomic mass is 32.1. The first-order valence-electron chi connectivity index (χ1n) is 9.24. The number of nitrogens with one attached hydrogen (secondary N) is 2. The zero-order valence-electron chi connectivity index (χ0n) is 15.2. The summed E-state index contributed by atoms with van der Waals surface area (Å²) in [6.07, 6.45) is 2.23. The van der Waals surface area contributed by atoms with Gasteiger partial charge in [-0.1, -0.05) is 0 Å². The predicted molar refractivity (Wildman–Crippen MR) is 106 cm³/mol. The Kier molecular flexibility index (Phi) is 5.18. The fraction of sp³-hybridized carbons (Fsp3) is 0.474. The number of rotatable bonds is 5. The normalized spacial score (nSPS) is 18.0. The minimum absolute atomic E-state index is 0.127. The van der Waals surface area contributed by atoms with Crippen LogP contribution in [0, 0.1) is 0 Å². The summed E-state index contributed by atoms with van der Waals surface area (Å²) in [7, 11) is 0. The molecule has 0 saturated carbocycles. The first-order chi connectivity index (χ1) is 13.1. The number of ether oxygens (including phenoxy) is 3. The first-order valence-corrected chi connectivity index (χ1v) is 9.65. The average molecular weight is 389 g/mol. The molecule has 2 aliphatic heterocycles. The smallest absolute Gasteiger partial charge is 0.253 e. The molecule has 1 aromatic carbocycles. The second-order valence-electron chi connectivity index (χ2n) is 6.77. The monoisotopic (exact) mass is 389 g/mol. The van der Waals surface area contributed by atoms with Crippen molar-refractivity contribution in [3.8, 4) is 11.5 Å². The number of nitrogens with zero attached hydrogens (tertiary/aromatic N) is 1. The van der Waals surface area contributed by atoms with Crippen LogP contribution in [0.4, 0.5) is 0 Å². The zero-order valence-corrected chi connectivity index (χ0v) is 16.1. The Labute approximate surface area is 162 Å². The van der Waals surface area contributed by atoms with Gasteiger partial charge in [0.1, 0.15) is 0 Å². The summed E-state index contributed by atoms with van der Waals surface area (Å²) in [5, 5.41) is 4.72. The maximum absolute atomic E-state index is 12.6. The van der Waals surface area contributed by atoms with Crippen molar-refractivity contribution in [2.75, 3.05) is 26.5 Å². The Bertz CT molecular complexity index is 908. The van der Waals surface area contributed by atoms with E-state index in [1.54, 1.807) is 6.07 Å². The molecule has 2 aromatic rings. The van der Waals surface area contributed by atoms with E-state index in [-0.39, 0.29) is 18.5 Å². The molecule has 0 radical (unpaired) electrons.